The molecule has 0 saturated heterocycles. The van der Waals surface area contributed by atoms with E-state index >= 15 is 0 Å². The molecule has 2 amide bonds. The normalized spacial score (nSPS) is 15.9. The van der Waals surface area contributed by atoms with Gasteiger partial charge in [0.2, 0.25) is 11.8 Å². The molecule has 4 N–H and O–H groups in total. The van der Waals surface area contributed by atoms with E-state index in [0.29, 0.717) is 6.04 Å². The summed E-state index contributed by atoms with van der Waals surface area (Å²) < 4.78 is 0. The van der Waals surface area contributed by atoms with Gasteiger partial charge in [0.25, 0.3) is 0 Å². The second kappa shape index (κ2) is 8.85. The van der Waals surface area contributed by atoms with Crippen molar-refractivity contribution in [2.45, 2.75) is 51.6 Å². The minimum absolute atomic E-state index is 0.0313. The van der Waals surface area contributed by atoms with E-state index in [0.717, 1.165) is 11.4 Å². The molecule has 0 heterocycles. The maximum absolute atomic E-state index is 12.2. The van der Waals surface area contributed by atoms with Gasteiger partial charge < -0.3 is 21.3 Å². The Morgan fingerprint density at radius 3 is 2.52 bits per heavy atom. The van der Waals surface area contributed by atoms with Crippen LogP contribution in [0.5, 0.6) is 0 Å². The van der Waals surface area contributed by atoms with Crippen LogP contribution in [0.2, 0.25) is 0 Å². The van der Waals surface area contributed by atoms with E-state index in [2.05, 4.69) is 22.6 Å². The molecular formula is C19H30N4O2. The number of rotatable bonds is 7. The summed E-state index contributed by atoms with van der Waals surface area (Å²) >= 11 is 0. The first kappa shape index (κ1) is 19.2. The van der Waals surface area contributed by atoms with Crippen molar-refractivity contribution in [1.82, 2.24) is 5.32 Å². The van der Waals surface area contributed by atoms with E-state index in [9.17, 15) is 9.59 Å². The Balaban J connectivity index is 1.95. The van der Waals surface area contributed by atoms with Gasteiger partial charge in [0.15, 0.2) is 0 Å². The third-order valence-corrected chi connectivity index (χ3v) is 4.87. The highest BCUT2D eigenvalue weighted by atomic mass is 16.2. The van der Waals surface area contributed by atoms with Gasteiger partial charge in [-0.3, -0.25) is 9.59 Å². The Morgan fingerprint density at radius 2 is 1.88 bits per heavy atom. The van der Waals surface area contributed by atoms with Crippen molar-refractivity contribution in [2.75, 3.05) is 23.8 Å². The first-order chi connectivity index (χ1) is 11.9. The van der Waals surface area contributed by atoms with Crippen LogP contribution in [0.4, 0.5) is 11.4 Å². The predicted molar refractivity (Wildman–Crippen MR) is 102 cm³/mol. The summed E-state index contributed by atoms with van der Waals surface area (Å²) in [5.74, 6) is -0.526. The van der Waals surface area contributed by atoms with E-state index in [1.807, 2.05) is 38.1 Å². The number of para-hydroxylation sites is 2. The Hall–Kier alpha value is -2.08. The molecule has 0 unspecified atom stereocenters. The minimum Gasteiger partial charge on any atom is -0.370 e. The third kappa shape index (κ3) is 5.19. The smallest absolute Gasteiger partial charge is 0.243 e. The van der Waals surface area contributed by atoms with Crippen LogP contribution in [-0.2, 0) is 9.59 Å². The van der Waals surface area contributed by atoms with Gasteiger partial charge in [-0.1, -0.05) is 38.8 Å². The molecule has 6 heteroatoms. The van der Waals surface area contributed by atoms with Gasteiger partial charge in [0, 0.05) is 13.1 Å². The predicted octanol–water partition coefficient (Wildman–Crippen LogP) is 2.10. The summed E-state index contributed by atoms with van der Waals surface area (Å²) in [4.78, 5) is 26.3. The van der Waals surface area contributed by atoms with Crippen molar-refractivity contribution in [1.29, 1.82) is 0 Å². The molecule has 1 aromatic carbocycles. The van der Waals surface area contributed by atoms with Crippen molar-refractivity contribution in [2.24, 2.45) is 11.7 Å². The quantitative estimate of drug-likeness (QED) is 0.705. The van der Waals surface area contributed by atoms with Crippen molar-refractivity contribution in [3.63, 3.8) is 0 Å². The number of amides is 2. The van der Waals surface area contributed by atoms with Crippen LogP contribution < -0.4 is 21.3 Å². The van der Waals surface area contributed by atoms with Crippen LogP contribution in [0.1, 0.15) is 39.5 Å². The lowest BCUT2D eigenvalue weighted by atomic mass is 10.1. The summed E-state index contributed by atoms with van der Waals surface area (Å²) in [6.45, 7) is 3.67. The molecule has 0 aromatic heterocycles. The molecule has 25 heavy (non-hydrogen) atoms. The van der Waals surface area contributed by atoms with Crippen LogP contribution in [-0.4, -0.2) is 37.5 Å². The Kier molecular flexibility index (Phi) is 6.82. The SMILES string of the molecule is CC(C)[C@H](N)C(=O)NCC(=O)Nc1ccccc1N(C)C1CCCC1. The standard InChI is InChI=1S/C19H30N4O2/c1-13(2)18(20)19(25)21-12-17(24)22-15-10-6-7-11-16(15)23(3)14-8-4-5-9-14/h6-7,10-11,13-14,18H,4-5,8-9,12,20H2,1-3H3,(H,21,25)(H,22,24)/t18-/m0/s1. The van der Waals surface area contributed by atoms with Crippen molar-refractivity contribution in [3.05, 3.63) is 24.3 Å². The maximum Gasteiger partial charge on any atom is 0.243 e. The molecule has 2 rings (SSSR count). The summed E-state index contributed by atoms with van der Waals surface area (Å²) in [6, 6.07) is 7.69. The lowest BCUT2D eigenvalue weighted by Gasteiger charge is -2.28. The Labute approximate surface area is 150 Å². The fourth-order valence-electron chi connectivity index (χ4n) is 3.16. The highest BCUT2D eigenvalue weighted by Gasteiger charge is 2.22. The van der Waals surface area contributed by atoms with Gasteiger partial charge in [-0.25, -0.2) is 0 Å². The maximum atomic E-state index is 12.2. The van der Waals surface area contributed by atoms with Gasteiger partial charge in [-0.05, 0) is 30.9 Å². The van der Waals surface area contributed by atoms with Crippen molar-refractivity contribution in [3.8, 4) is 0 Å². The fourth-order valence-corrected chi connectivity index (χ4v) is 3.16. The number of hydrogen-bond acceptors (Lipinski definition) is 4. The van der Waals surface area contributed by atoms with Crippen LogP contribution in [0.15, 0.2) is 24.3 Å². The van der Waals surface area contributed by atoms with Gasteiger partial charge in [0.05, 0.1) is 24.0 Å². The van der Waals surface area contributed by atoms with Crippen LogP contribution in [0, 0.1) is 5.92 Å². The Bertz CT molecular complexity index is 597. The molecule has 0 radical (unpaired) electrons. The van der Waals surface area contributed by atoms with Crippen molar-refractivity contribution < 1.29 is 9.59 Å². The molecular weight excluding hydrogens is 316 g/mol. The first-order valence-electron chi connectivity index (χ1n) is 9.05. The lowest BCUT2D eigenvalue weighted by Crippen LogP contribution is -2.46. The second-order valence-electron chi connectivity index (χ2n) is 7.10. The van der Waals surface area contributed by atoms with Gasteiger partial charge in [-0.15, -0.1) is 0 Å². The highest BCUT2D eigenvalue weighted by Crippen LogP contribution is 2.31. The number of carbonyl (C=O) groups is 2. The zero-order chi connectivity index (χ0) is 18.4. The molecule has 138 valence electrons. The number of carbonyl (C=O) groups excluding carboxylic acids is 2. The molecule has 6 nitrogen and oxygen atoms in total. The number of nitrogens with zero attached hydrogens (tertiary/aromatic N) is 1. The monoisotopic (exact) mass is 346 g/mol. The molecule has 0 aliphatic heterocycles. The minimum atomic E-state index is -0.603. The number of hydrogen-bond donors (Lipinski definition) is 3. The second-order valence-corrected chi connectivity index (χ2v) is 7.10. The molecule has 1 aliphatic carbocycles. The summed E-state index contributed by atoms with van der Waals surface area (Å²) in [7, 11) is 2.07. The number of anilines is 2. The molecule has 1 atom stereocenters. The molecule has 1 aliphatic rings. The molecule has 1 aromatic rings. The summed E-state index contributed by atoms with van der Waals surface area (Å²) in [5, 5.41) is 5.50. The average molecular weight is 346 g/mol. The van der Waals surface area contributed by atoms with Crippen molar-refractivity contribution >= 4 is 23.2 Å². The molecule has 1 fully saturated rings. The van der Waals surface area contributed by atoms with Crippen LogP contribution >= 0.6 is 0 Å². The molecule has 0 bridgehead atoms. The largest absolute Gasteiger partial charge is 0.370 e. The molecule has 1 saturated carbocycles. The topological polar surface area (TPSA) is 87.5 Å². The van der Waals surface area contributed by atoms with E-state index in [1.54, 1.807) is 0 Å². The zero-order valence-electron chi connectivity index (χ0n) is 15.4. The van der Waals surface area contributed by atoms with Gasteiger partial charge >= 0.3 is 0 Å². The van der Waals surface area contributed by atoms with Gasteiger partial charge in [0.1, 0.15) is 0 Å². The fraction of sp³-hybridized carbons (Fsp3) is 0.579. The number of nitrogens with one attached hydrogen (secondary N) is 2. The average Bonchev–Trinajstić information content (AvgIpc) is 3.13. The zero-order valence-corrected chi connectivity index (χ0v) is 15.4. The van der Waals surface area contributed by atoms with E-state index in [1.165, 1.54) is 25.7 Å². The molecule has 0 spiro atoms. The van der Waals surface area contributed by atoms with Crippen LogP contribution in [0.3, 0.4) is 0 Å². The highest BCUT2D eigenvalue weighted by molar-refractivity contribution is 5.97. The third-order valence-electron chi connectivity index (χ3n) is 4.87. The van der Waals surface area contributed by atoms with Crippen LogP contribution in [0.25, 0.3) is 0 Å². The van der Waals surface area contributed by atoms with E-state index < -0.39 is 6.04 Å². The number of nitrogens with two attached hydrogens (primary N) is 1. The lowest BCUT2D eigenvalue weighted by molar-refractivity contribution is -0.125. The Morgan fingerprint density at radius 1 is 1.24 bits per heavy atom. The first-order valence-corrected chi connectivity index (χ1v) is 9.05. The summed E-state index contributed by atoms with van der Waals surface area (Å²) in [6.07, 6.45) is 4.88. The van der Waals surface area contributed by atoms with Gasteiger partial charge in [-0.2, -0.15) is 0 Å². The number of benzene rings is 1. The van der Waals surface area contributed by atoms with E-state index in [-0.39, 0.29) is 24.3 Å². The summed E-state index contributed by atoms with van der Waals surface area (Å²) in [5.41, 5.74) is 7.56. The van der Waals surface area contributed by atoms with E-state index in [4.69, 9.17) is 5.73 Å².